The van der Waals surface area contributed by atoms with Crippen molar-refractivity contribution in [3.05, 3.63) is 59.9 Å². The standard InChI is InChI=1S/C17H22N2S/c1-3-11-19-16(13-14-8-6-7-12-18-14)15-9-4-5-10-17(15)20-2/h4-10,12,16,19H,3,11,13H2,1-2H3. The molecule has 2 aromatic rings. The van der Waals surface area contributed by atoms with E-state index in [-0.39, 0.29) is 0 Å². The number of nitrogens with zero attached hydrogens (tertiary/aromatic N) is 1. The number of pyridine rings is 1. The molecule has 0 aliphatic heterocycles. The highest BCUT2D eigenvalue weighted by molar-refractivity contribution is 7.98. The summed E-state index contributed by atoms with van der Waals surface area (Å²) in [6.07, 6.45) is 6.07. The van der Waals surface area contributed by atoms with Crippen LogP contribution in [-0.2, 0) is 6.42 Å². The smallest absolute Gasteiger partial charge is 0.0422 e. The van der Waals surface area contributed by atoms with E-state index in [1.807, 2.05) is 24.0 Å². The topological polar surface area (TPSA) is 24.9 Å². The maximum Gasteiger partial charge on any atom is 0.0422 e. The molecule has 106 valence electrons. The van der Waals surface area contributed by atoms with Crippen LogP contribution in [0.4, 0.5) is 0 Å². The summed E-state index contributed by atoms with van der Waals surface area (Å²) in [6, 6.07) is 15.1. The first kappa shape index (κ1) is 15.1. The molecule has 2 nitrogen and oxygen atoms in total. The lowest BCUT2D eigenvalue weighted by atomic mass is 10.0. The highest BCUT2D eigenvalue weighted by Crippen LogP contribution is 2.27. The number of benzene rings is 1. The molecule has 1 atom stereocenters. The normalized spacial score (nSPS) is 12.3. The maximum atomic E-state index is 4.46. The summed E-state index contributed by atoms with van der Waals surface area (Å²) in [7, 11) is 0. The Labute approximate surface area is 126 Å². The largest absolute Gasteiger partial charge is 0.310 e. The van der Waals surface area contributed by atoms with Crippen molar-refractivity contribution in [1.82, 2.24) is 10.3 Å². The first-order valence-electron chi connectivity index (χ1n) is 7.11. The van der Waals surface area contributed by atoms with Crippen LogP contribution in [0.15, 0.2) is 53.6 Å². The molecule has 1 heterocycles. The molecule has 0 aliphatic carbocycles. The molecule has 0 amide bonds. The van der Waals surface area contributed by atoms with E-state index in [4.69, 9.17) is 0 Å². The molecule has 1 N–H and O–H groups in total. The van der Waals surface area contributed by atoms with Crippen molar-refractivity contribution in [2.24, 2.45) is 0 Å². The summed E-state index contributed by atoms with van der Waals surface area (Å²) < 4.78 is 0. The minimum atomic E-state index is 0.327. The molecular weight excluding hydrogens is 264 g/mol. The molecule has 0 spiro atoms. The van der Waals surface area contributed by atoms with Crippen molar-refractivity contribution in [3.63, 3.8) is 0 Å². The molecular formula is C17H22N2S. The zero-order valence-electron chi connectivity index (χ0n) is 12.2. The first-order chi connectivity index (χ1) is 9.85. The average Bonchev–Trinajstić information content (AvgIpc) is 2.52. The van der Waals surface area contributed by atoms with Gasteiger partial charge in [-0.05, 0) is 43.0 Å². The first-order valence-corrected chi connectivity index (χ1v) is 8.33. The molecule has 0 saturated heterocycles. The van der Waals surface area contributed by atoms with Gasteiger partial charge in [-0.25, -0.2) is 0 Å². The monoisotopic (exact) mass is 286 g/mol. The lowest BCUT2D eigenvalue weighted by Gasteiger charge is -2.21. The van der Waals surface area contributed by atoms with Gasteiger partial charge in [0.1, 0.15) is 0 Å². The van der Waals surface area contributed by atoms with Crippen LogP contribution in [0.2, 0.25) is 0 Å². The fourth-order valence-corrected chi connectivity index (χ4v) is 2.95. The number of rotatable bonds is 7. The number of thioether (sulfide) groups is 1. The van der Waals surface area contributed by atoms with Crippen molar-refractivity contribution < 1.29 is 0 Å². The van der Waals surface area contributed by atoms with Gasteiger partial charge >= 0.3 is 0 Å². The summed E-state index contributed by atoms with van der Waals surface area (Å²) >= 11 is 1.81. The highest BCUT2D eigenvalue weighted by atomic mass is 32.2. The summed E-state index contributed by atoms with van der Waals surface area (Å²) in [5.41, 5.74) is 2.51. The number of nitrogens with one attached hydrogen (secondary N) is 1. The summed E-state index contributed by atoms with van der Waals surface area (Å²) in [4.78, 5) is 5.81. The molecule has 3 heteroatoms. The molecule has 0 radical (unpaired) electrons. The third-order valence-electron chi connectivity index (χ3n) is 3.29. The second kappa shape index (κ2) is 8.08. The molecule has 2 rings (SSSR count). The van der Waals surface area contributed by atoms with Gasteiger partial charge in [0, 0.05) is 29.2 Å². The van der Waals surface area contributed by atoms with Gasteiger partial charge in [-0.2, -0.15) is 0 Å². The Morgan fingerprint density at radius 3 is 2.65 bits per heavy atom. The van der Waals surface area contributed by atoms with Crippen molar-refractivity contribution in [3.8, 4) is 0 Å². The quantitative estimate of drug-likeness (QED) is 0.776. The number of hydrogen-bond donors (Lipinski definition) is 1. The summed E-state index contributed by atoms with van der Waals surface area (Å²) in [6.45, 7) is 3.23. The Kier molecular flexibility index (Phi) is 6.09. The second-order valence-corrected chi connectivity index (χ2v) is 5.62. The van der Waals surface area contributed by atoms with Crippen molar-refractivity contribution in [2.75, 3.05) is 12.8 Å². The van der Waals surface area contributed by atoms with E-state index in [9.17, 15) is 0 Å². The van der Waals surface area contributed by atoms with Crippen LogP contribution in [0.5, 0.6) is 0 Å². The highest BCUT2D eigenvalue weighted by Gasteiger charge is 2.15. The van der Waals surface area contributed by atoms with Gasteiger partial charge in [0.05, 0.1) is 0 Å². The van der Waals surface area contributed by atoms with E-state index in [0.29, 0.717) is 6.04 Å². The maximum absolute atomic E-state index is 4.46. The predicted octanol–water partition coefficient (Wildman–Crippen LogP) is 4.09. The predicted molar refractivity (Wildman–Crippen MR) is 87.2 cm³/mol. The Bertz CT molecular complexity index is 513. The van der Waals surface area contributed by atoms with Crippen LogP contribution < -0.4 is 5.32 Å². The van der Waals surface area contributed by atoms with Gasteiger partial charge in [0.2, 0.25) is 0 Å². The number of hydrogen-bond acceptors (Lipinski definition) is 3. The van der Waals surface area contributed by atoms with Gasteiger partial charge in [0.25, 0.3) is 0 Å². The third-order valence-corrected chi connectivity index (χ3v) is 4.11. The zero-order chi connectivity index (χ0) is 14.2. The Morgan fingerprint density at radius 2 is 1.95 bits per heavy atom. The van der Waals surface area contributed by atoms with Gasteiger partial charge in [0.15, 0.2) is 0 Å². The van der Waals surface area contributed by atoms with Gasteiger partial charge < -0.3 is 5.32 Å². The molecule has 1 unspecified atom stereocenters. The van der Waals surface area contributed by atoms with Crippen molar-refractivity contribution in [2.45, 2.75) is 30.7 Å². The molecule has 1 aromatic carbocycles. The molecule has 0 fully saturated rings. The number of aromatic nitrogens is 1. The van der Waals surface area contributed by atoms with E-state index in [0.717, 1.165) is 25.1 Å². The van der Waals surface area contributed by atoms with Gasteiger partial charge in [-0.1, -0.05) is 31.2 Å². The Balaban J connectivity index is 2.22. The molecule has 0 bridgehead atoms. The van der Waals surface area contributed by atoms with E-state index in [1.54, 1.807) is 0 Å². The second-order valence-electron chi connectivity index (χ2n) is 4.77. The van der Waals surface area contributed by atoms with Crippen LogP contribution in [0.25, 0.3) is 0 Å². The van der Waals surface area contributed by atoms with Gasteiger partial charge in [-0.3, -0.25) is 4.98 Å². The summed E-state index contributed by atoms with van der Waals surface area (Å²) in [5.74, 6) is 0. The fraction of sp³-hybridized carbons (Fsp3) is 0.353. The van der Waals surface area contributed by atoms with Gasteiger partial charge in [-0.15, -0.1) is 11.8 Å². The lowest BCUT2D eigenvalue weighted by Crippen LogP contribution is -2.25. The van der Waals surface area contributed by atoms with Crippen LogP contribution >= 0.6 is 11.8 Å². The Morgan fingerprint density at radius 1 is 1.15 bits per heavy atom. The fourth-order valence-electron chi connectivity index (χ4n) is 2.29. The van der Waals surface area contributed by atoms with E-state index < -0.39 is 0 Å². The molecule has 20 heavy (non-hydrogen) atoms. The van der Waals surface area contributed by atoms with Crippen LogP contribution in [0, 0.1) is 0 Å². The molecule has 0 saturated carbocycles. The molecule has 1 aromatic heterocycles. The van der Waals surface area contributed by atoms with Crippen molar-refractivity contribution >= 4 is 11.8 Å². The minimum absolute atomic E-state index is 0.327. The average molecular weight is 286 g/mol. The van der Waals surface area contributed by atoms with E-state index in [1.165, 1.54) is 10.5 Å². The van der Waals surface area contributed by atoms with Crippen molar-refractivity contribution in [1.29, 1.82) is 0 Å². The van der Waals surface area contributed by atoms with Crippen LogP contribution in [-0.4, -0.2) is 17.8 Å². The zero-order valence-corrected chi connectivity index (χ0v) is 13.0. The SMILES string of the molecule is CCCNC(Cc1ccccn1)c1ccccc1SC. The molecule has 0 aliphatic rings. The summed E-state index contributed by atoms with van der Waals surface area (Å²) in [5, 5.41) is 3.66. The van der Waals surface area contributed by atoms with Crippen LogP contribution in [0.3, 0.4) is 0 Å². The van der Waals surface area contributed by atoms with Crippen LogP contribution in [0.1, 0.15) is 30.6 Å². The lowest BCUT2D eigenvalue weighted by molar-refractivity contribution is 0.518. The Hall–Kier alpha value is -1.32. The minimum Gasteiger partial charge on any atom is -0.310 e. The van der Waals surface area contributed by atoms with E-state index >= 15 is 0 Å². The third kappa shape index (κ3) is 4.09. The van der Waals surface area contributed by atoms with E-state index in [2.05, 4.69) is 59.9 Å².